The summed E-state index contributed by atoms with van der Waals surface area (Å²) in [6, 6.07) is 10.6. The summed E-state index contributed by atoms with van der Waals surface area (Å²) in [6.45, 7) is 6.30. The molecule has 0 fully saturated rings. The van der Waals surface area contributed by atoms with Crippen LogP contribution in [-0.4, -0.2) is 11.5 Å². The molecule has 96 valence electrons. The summed E-state index contributed by atoms with van der Waals surface area (Å²) in [4.78, 5) is 6.06. The maximum atomic E-state index is 4.73. The van der Waals surface area contributed by atoms with Crippen molar-refractivity contribution in [2.75, 3.05) is 6.54 Å². The Morgan fingerprint density at radius 1 is 1.17 bits per heavy atom. The maximum absolute atomic E-state index is 4.73. The molecule has 0 aliphatic carbocycles. The van der Waals surface area contributed by atoms with Gasteiger partial charge >= 0.3 is 0 Å². The zero-order valence-corrected chi connectivity index (χ0v) is 11.9. The van der Waals surface area contributed by atoms with Gasteiger partial charge in [0.1, 0.15) is 5.01 Å². The number of nitrogens with one attached hydrogen (secondary N) is 1. The molecular weight excluding hydrogens is 240 g/mol. The standard InChI is InChI=1S/C15H20N2S/c1-3-10-16-11-14-17-13(4-2)15(18-14)12-8-6-5-7-9-12/h5-9,16H,3-4,10-11H2,1-2H3. The highest BCUT2D eigenvalue weighted by Crippen LogP contribution is 2.30. The van der Waals surface area contributed by atoms with Gasteiger partial charge in [0.2, 0.25) is 0 Å². The quantitative estimate of drug-likeness (QED) is 0.797. The number of thiazole rings is 1. The molecular formula is C15H20N2S. The highest BCUT2D eigenvalue weighted by molar-refractivity contribution is 7.15. The van der Waals surface area contributed by atoms with Crippen LogP contribution in [0.25, 0.3) is 10.4 Å². The Balaban J connectivity index is 2.19. The molecule has 0 aliphatic heterocycles. The van der Waals surface area contributed by atoms with E-state index in [2.05, 4.69) is 49.5 Å². The summed E-state index contributed by atoms with van der Waals surface area (Å²) in [5, 5.41) is 4.61. The molecule has 2 aromatic rings. The van der Waals surface area contributed by atoms with Crippen molar-refractivity contribution >= 4 is 11.3 Å². The van der Waals surface area contributed by atoms with Gasteiger partial charge in [-0.2, -0.15) is 0 Å². The Kier molecular flexibility index (Phi) is 4.90. The molecule has 0 unspecified atom stereocenters. The van der Waals surface area contributed by atoms with Gasteiger partial charge in [-0.25, -0.2) is 4.98 Å². The Bertz CT molecular complexity index is 476. The minimum Gasteiger partial charge on any atom is -0.310 e. The SMILES string of the molecule is CCCNCc1nc(CC)c(-c2ccccc2)s1. The Hall–Kier alpha value is -1.19. The lowest BCUT2D eigenvalue weighted by molar-refractivity contribution is 0.671. The number of aryl methyl sites for hydroxylation is 1. The van der Waals surface area contributed by atoms with E-state index >= 15 is 0 Å². The van der Waals surface area contributed by atoms with Crippen LogP contribution in [0.15, 0.2) is 30.3 Å². The molecule has 1 N–H and O–H groups in total. The van der Waals surface area contributed by atoms with Crippen molar-refractivity contribution in [1.82, 2.24) is 10.3 Å². The van der Waals surface area contributed by atoms with Gasteiger partial charge in [0.05, 0.1) is 10.6 Å². The van der Waals surface area contributed by atoms with Gasteiger partial charge in [0, 0.05) is 6.54 Å². The van der Waals surface area contributed by atoms with Crippen LogP contribution < -0.4 is 5.32 Å². The van der Waals surface area contributed by atoms with Crippen molar-refractivity contribution in [3.63, 3.8) is 0 Å². The zero-order chi connectivity index (χ0) is 12.8. The molecule has 1 aromatic carbocycles. The summed E-state index contributed by atoms with van der Waals surface area (Å²) < 4.78 is 0. The van der Waals surface area contributed by atoms with Crippen molar-refractivity contribution in [2.45, 2.75) is 33.2 Å². The van der Waals surface area contributed by atoms with E-state index in [1.54, 1.807) is 0 Å². The minimum atomic E-state index is 0.887. The lowest BCUT2D eigenvalue weighted by Gasteiger charge is -1.98. The first-order valence-electron chi connectivity index (χ1n) is 6.59. The maximum Gasteiger partial charge on any atom is 0.107 e. The van der Waals surface area contributed by atoms with E-state index in [-0.39, 0.29) is 0 Å². The average Bonchev–Trinajstić information content (AvgIpc) is 2.83. The molecule has 0 atom stereocenters. The van der Waals surface area contributed by atoms with Crippen LogP contribution in [0, 0.1) is 0 Å². The van der Waals surface area contributed by atoms with Crippen molar-refractivity contribution < 1.29 is 0 Å². The molecule has 0 amide bonds. The summed E-state index contributed by atoms with van der Waals surface area (Å²) in [5.41, 5.74) is 2.51. The molecule has 0 saturated heterocycles. The van der Waals surface area contributed by atoms with Crippen LogP contribution in [0.3, 0.4) is 0 Å². The highest BCUT2D eigenvalue weighted by Gasteiger charge is 2.10. The van der Waals surface area contributed by atoms with Gasteiger partial charge in [-0.05, 0) is 24.9 Å². The average molecular weight is 260 g/mol. The lowest BCUT2D eigenvalue weighted by atomic mass is 10.1. The normalized spacial score (nSPS) is 10.8. The van der Waals surface area contributed by atoms with Crippen LogP contribution in [0.4, 0.5) is 0 Å². The first-order valence-corrected chi connectivity index (χ1v) is 7.41. The lowest BCUT2D eigenvalue weighted by Crippen LogP contribution is -2.13. The summed E-state index contributed by atoms with van der Waals surface area (Å²) in [6.07, 6.45) is 2.16. The zero-order valence-electron chi connectivity index (χ0n) is 11.1. The van der Waals surface area contributed by atoms with Crippen LogP contribution >= 0.6 is 11.3 Å². The second-order valence-corrected chi connectivity index (χ2v) is 5.36. The van der Waals surface area contributed by atoms with E-state index in [0.717, 1.165) is 25.9 Å². The van der Waals surface area contributed by atoms with E-state index in [9.17, 15) is 0 Å². The van der Waals surface area contributed by atoms with Crippen LogP contribution in [0.1, 0.15) is 31.0 Å². The summed E-state index contributed by atoms with van der Waals surface area (Å²) in [7, 11) is 0. The van der Waals surface area contributed by atoms with E-state index in [0.29, 0.717) is 0 Å². The van der Waals surface area contributed by atoms with Gasteiger partial charge in [-0.15, -0.1) is 11.3 Å². The number of aromatic nitrogens is 1. The van der Waals surface area contributed by atoms with E-state index in [1.807, 2.05) is 11.3 Å². The smallest absolute Gasteiger partial charge is 0.107 e. The molecule has 1 aromatic heterocycles. The topological polar surface area (TPSA) is 24.9 Å². The molecule has 0 spiro atoms. The largest absolute Gasteiger partial charge is 0.310 e. The third-order valence-corrected chi connectivity index (χ3v) is 3.96. The minimum absolute atomic E-state index is 0.887. The molecule has 0 radical (unpaired) electrons. The van der Waals surface area contributed by atoms with Crippen molar-refractivity contribution in [3.8, 4) is 10.4 Å². The molecule has 0 aliphatic rings. The number of hydrogen-bond donors (Lipinski definition) is 1. The molecule has 2 rings (SSSR count). The number of rotatable bonds is 6. The molecule has 1 heterocycles. The van der Waals surface area contributed by atoms with Gasteiger partial charge < -0.3 is 5.32 Å². The fraction of sp³-hybridized carbons (Fsp3) is 0.400. The van der Waals surface area contributed by atoms with E-state index in [4.69, 9.17) is 4.98 Å². The van der Waals surface area contributed by atoms with Crippen LogP contribution in [0.2, 0.25) is 0 Å². The van der Waals surface area contributed by atoms with E-state index in [1.165, 1.54) is 21.1 Å². The second-order valence-electron chi connectivity index (χ2n) is 4.28. The second kappa shape index (κ2) is 6.66. The molecule has 2 nitrogen and oxygen atoms in total. The predicted molar refractivity (Wildman–Crippen MR) is 78.9 cm³/mol. The van der Waals surface area contributed by atoms with Crippen LogP contribution in [-0.2, 0) is 13.0 Å². The third kappa shape index (κ3) is 3.18. The highest BCUT2D eigenvalue weighted by atomic mass is 32.1. The van der Waals surface area contributed by atoms with Crippen LogP contribution in [0.5, 0.6) is 0 Å². The molecule has 18 heavy (non-hydrogen) atoms. The Morgan fingerprint density at radius 3 is 2.61 bits per heavy atom. The third-order valence-electron chi connectivity index (χ3n) is 2.82. The van der Waals surface area contributed by atoms with E-state index < -0.39 is 0 Å². The van der Waals surface area contributed by atoms with Crippen molar-refractivity contribution in [2.24, 2.45) is 0 Å². The number of nitrogens with zero attached hydrogens (tertiary/aromatic N) is 1. The van der Waals surface area contributed by atoms with Crippen molar-refractivity contribution in [3.05, 3.63) is 41.0 Å². The first kappa shape index (κ1) is 13.2. The van der Waals surface area contributed by atoms with Gasteiger partial charge in [0.25, 0.3) is 0 Å². The fourth-order valence-corrected chi connectivity index (χ4v) is 3.03. The molecule has 0 saturated carbocycles. The number of hydrogen-bond acceptors (Lipinski definition) is 3. The van der Waals surface area contributed by atoms with Gasteiger partial charge in [-0.1, -0.05) is 44.2 Å². The van der Waals surface area contributed by atoms with Crippen molar-refractivity contribution in [1.29, 1.82) is 0 Å². The monoisotopic (exact) mass is 260 g/mol. The first-order chi connectivity index (χ1) is 8.85. The van der Waals surface area contributed by atoms with Gasteiger partial charge in [0.15, 0.2) is 0 Å². The Labute approximate surface area is 113 Å². The Morgan fingerprint density at radius 2 is 1.94 bits per heavy atom. The number of benzene rings is 1. The molecule has 0 bridgehead atoms. The fourth-order valence-electron chi connectivity index (χ4n) is 1.90. The summed E-state index contributed by atoms with van der Waals surface area (Å²) in [5.74, 6) is 0. The predicted octanol–water partition coefficient (Wildman–Crippen LogP) is 3.87. The molecule has 3 heteroatoms. The summed E-state index contributed by atoms with van der Waals surface area (Å²) >= 11 is 1.81. The van der Waals surface area contributed by atoms with Gasteiger partial charge in [-0.3, -0.25) is 0 Å².